The van der Waals surface area contributed by atoms with Crippen LogP contribution in [0, 0.1) is 23.7 Å². The van der Waals surface area contributed by atoms with Gasteiger partial charge in [-0.3, -0.25) is 14.4 Å². The van der Waals surface area contributed by atoms with Crippen LogP contribution in [0.15, 0.2) is 24.8 Å². The molecule has 4 unspecified atom stereocenters. The van der Waals surface area contributed by atoms with E-state index in [0.717, 1.165) is 11.5 Å². The quantitative estimate of drug-likeness (QED) is 0.418. The molecule has 1 aliphatic heterocycles. The molecule has 2 aliphatic carbocycles. The third kappa shape index (κ3) is 1.40. The maximum atomic E-state index is 12.1. The summed E-state index contributed by atoms with van der Waals surface area (Å²) in [5.74, 6) is -0.145. The summed E-state index contributed by atoms with van der Waals surface area (Å²) in [6.45, 7) is 3.91. The van der Waals surface area contributed by atoms with Gasteiger partial charge in [0.05, 0.1) is 18.4 Å². The molecule has 3 aliphatic rings. The predicted octanol–water partition coefficient (Wildman–Crippen LogP) is 1.30. The van der Waals surface area contributed by atoms with Crippen LogP contribution in [0.3, 0.4) is 0 Å². The van der Waals surface area contributed by atoms with Gasteiger partial charge in [0.15, 0.2) is 0 Å². The maximum Gasteiger partial charge on any atom is 0.258 e. The molecule has 90 valence electrons. The van der Waals surface area contributed by atoms with Gasteiger partial charge in [-0.25, -0.2) is 0 Å². The third-order valence-electron chi connectivity index (χ3n) is 3.97. The van der Waals surface area contributed by atoms with Crippen LogP contribution in [0.4, 0.5) is 0 Å². The highest BCUT2D eigenvalue weighted by atomic mass is 16.7. The number of hydrogen-bond acceptors (Lipinski definition) is 3. The molecule has 0 aromatic carbocycles. The summed E-state index contributed by atoms with van der Waals surface area (Å²) in [5, 5.41) is 0.991. The molecule has 1 saturated carbocycles. The Morgan fingerprint density at radius 1 is 1.29 bits per heavy atom. The van der Waals surface area contributed by atoms with E-state index in [1.165, 1.54) is 0 Å². The largest absolute Gasteiger partial charge is 0.272 e. The molecule has 3 rings (SSSR count). The van der Waals surface area contributed by atoms with Gasteiger partial charge in [-0.15, -0.1) is 6.58 Å². The van der Waals surface area contributed by atoms with E-state index in [0.29, 0.717) is 13.0 Å². The predicted molar refractivity (Wildman–Crippen MR) is 60.3 cm³/mol. The number of carbonyl (C=O) groups is 2. The van der Waals surface area contributed by atoms with E-state index >= 15 is 0 Å². The second-order valence-electron chi connectivity index (χ2n) is 4.88. The zero-order valence-corrected chi connectivity index (χ0v) is 9.54. The summed E-state index contributed by atoms with van der Waals surface area (Å²) in [6.07, 6.45) is 7.44. The van der Waals surface area contributed by atoms with E-state index in [2.05, 4.69) is 18.7 Å². The molecule has 4 heteroatoms. The van der Waals surface area contributed by atoms with Crippen LogP contribution >= 0.6 is 0 Å². The van der Waals surface area contributed by atoms with Gasteiger partial charge < -0.3 is 0 Å². The minimum absolute atomic E-state index is 0.152. The first-order valence-corrected chi connectivity index (χ1v) is 6.04. The monoisotopic (exact) mass is 233 g/mol. The Balaban J connectivity index is 1.76. The first-order valence-electron chi connectivity index (χ1n) is 6.04. The fraction of sp³-hybridized carbons (Fsp3) is 0.538. The number of fused-ring (bicyclic) bond motifs is 5. The minimum atomic E-state index is -0.166. The van der Waals surface area contributed by atoms with E-state index < -0.39 is 0 Å². The Morgan fingerprint density at radius 3 is 2.41 bits per heavy atom. The Labute approximate surface area is 99.9 Å². The maximum absolute atomic E-state index is 12.1. The highest BCUT2D eigenvalue weighted by Gasteiger charge is 2.60. The summed E-state index contributed by atoms with van der Waals surface area (Å²) in [5.41, 5.74) is 0. The fourth-order valence-electron chi connectivity index (χ4n) is 3.23. The molecular weight excluding hydrogens is 218 g/mol. The van der Waals surface area contributed by atoms with E-state index in [1.807, 2.05) is 0 Å². The molecule has 1 saturated heterocycles. The normalized spacial score (nSPS) is 38.0. The number of carbonyl (C=O) groups excluding carboxylic acids is 2. The smallest absolute Gasteiger partial charge is 0.258 e. The average Bonchev–Trinajstić information content (AvgIpc) is 2.97. The molecule has 4 atom stereocenters. The van der Waals surface area contributed by atoms with Crippen molar-refractivity contribution < 1.29 is 14.4 Å². The van der Waals surface area contributed by atoms with Crippen molar-refractivity contribution in [3.8, 4) is 0 Å². The van der Waals surface area contributed by atoms with E-state index in [9.17, 15) is 9.59 Å². The van der Waals surface area contributed by atoms with Gasteiger partial charge in [-0.2, -0.15) is 5.06 Å². The molecule has 2 bridgehead atoms. The summed E-state index contributed by atoms with van der Waals surface area (Å²) >= 11 is 0. The zero-order valence-electron chi connectivity index (χ0n) is 9.54. The number of hydroxylamine groups is 2. The second kappa shape index (κ2) is 3.81. The van der Waals surface area contributed by atoms with Gasteiger partial charge in [0.2, 0.25) is 0 Å². The standard InChI is InChI=1S/C13H15NO3/c1-2-3-6-17-14-12(15)10-8-4-5-9(7-8)11(10)13(14)16/h2,4-5,8-11H,1,3,6-7H2. The summed E-state index contributed by atoms with van der Waals surface area (Å²) in [4.78, 5) is 29.5. The highest BCUT2D eigenvalue weighted by molar-refractivity contribution is 6.05. The van der Waals surface area contributed by atoms with Gasteiger partial charge in [-0.1, -0.05) is 18.2 Å². The highest BCUT2D eigenvalue weighted by Crippen LogP contribution is 2.52. The van der Waals surface area contributed by atoms with Crippen molar-refractivity contribution in [2.75, 3.05) is 6.61 Å². The van der Waals surface area contributed by atoms with Crippen LogP contribution < -0.4 is 0 Å². The number of amides is 2. The van der Waals surface area contributed by atoms with Crippen molar-refractivity contribution in [2.45, 2.75) is 12.8 Å². The van der Waals surface area contributed by atoms with Gasteiger partial charge in [0, 0.05) is 0 Å². The lowest BCUT2D eigenvalue weighted by atomic mass is 9.85. The topological polar surface area (TPSA) is 46.6 Å². The van der Waals surface area contributed by atoms with Gasteiger partial charge in [0.25, 0.3) is 11.8 Å². The van der Waals surface area contributed by atoms with Gasteiger partial charge in [0.1, 0.15) is 0 Å². The van der Waals surface area contributed by atoms with Crippen LogP contribution in [-0.2, 0) is 14.4 Å². The number of allylic oxidation sites excluding steroid dienone is 2. The molecule has 2 amide bonds. The van der Waals surface area contributed by atoms with E-state index in [4.69, 9.17) is 4.84 Å². The lowest BCUT2D eigenvalue weighted by Crippen LogP contribution is -2.33. The lowest BCUT2D eigenvalue weighted by molar-refractivity contribution is -0.189. The molecule has 2 fully saturated rings. The molecular formula is C13H15NO3. The summed E-state index contributed by atoms with van der Waals surface area (Å²) in [7, 11) is 0. The number of imide groups is 1. The van der Waals surface area contributed by atoms with Crippen LogP contribution in [0.5, 0.6) is 0 Å². The number of rotatable bonds is 4. The van der Waals surface area contributed by atoms with Crippen molar-refractivity contribution in [3.63, 3.8) is 0 Å². The van der Waals surface area contributed by atoms with Crippen LogP contribution in [0.25, 0.3) is 0 Å². The molecule has 0 aromatic heterocycles. The first kappa shape index (κ1) is 10.7. The van der Waals surface area contributed by atoms with Crippen molar-refractivity contribution >= 4 is 11.8 Å². The molecule has 0 spiro atoms. The van der Waals surface area contributed by atoms with E-state index in [1.54, 1.807) is 6.08 Å². The molecule has 4 nitrogen and oxygen atoms in total. The fourth-order valence-corrected chi connectivity index (χ4v) is 3.23. The summed E-state index contributed by atoms with van der Waals surface area (Å²) in [6, 6.07) is 0. The van der Waals surface area contributed by atoms with Gasteiger partial charge in [-0.05, 0) is 24.7 Å². The van der Waals surface area contributed by atoms with E-state index in [-0.39, 0.29) is 35.5 Å². The number of nitrogens with zero attached hydrogens (tertiary/aromatic N) is 1. The van der Waals surface area contributed by atoms with Crippen molar-refractivity contribution in [1.29, 1.82) is 0 Å². The van der Waals surface area contributed by atoms with Crippen molar-refractivity contribution in [1.82, 2.24) is 5.06 Å². The Hall–Kier alpha value is -1.42. The molecule has 1 heterocycles. The number of hydrogen-bond donors (Lipinski definition) is 0. The zero-order chi connectivity index (χ0) is 12.0. The van der Waals surface area contributed by atoms with Gasteiger partial charge >= 0.3 is 0 Å². The Bertz CT molecular complexity index is 385. The Kier molecular flexibility index (Phi) is 2.40. The third-order valence-corrected chi connectivity index (χ3v) is 3.97. The second-order valence-corrected chi connectivity index (χ2v) is 4.88. The van der Waals surface area contributed by atoms with Crippen LogP contribution in [0.1, 0.15) is 12.8 Å². The van der Waals surface area contributed by atoms with Crippen molar-refractivity contribution in [2.24, 2.45) is 23.7 Å². The minimum Gasteiger partial charge on any atom is -0.272 e. The molecule has 0 radical (unpaired) electrons. The van der Waals surface area contributed by atoms with Crippen LogP contribution in [-0.4, -0.2) is 23.5 Å². The lowest BCUT2D eigenvalue weighted by Gasteiger charge is -2.15. The SMILES string of the molecule is C=CCCON1C(=O)C2C3C=CC(C3)C2C1=O. The summed E-state index contributed by atoms with van der Waals surface area (Å²) < 4.78 is 0. The van der Waals surface area contributed by atoms with Crippen molar-refractivity contribution in [3.05, 3.63) is 24.8 Å². The first-order chi connectivity index (χ1) is 8.24. The van der Waals surface area contributed by atoms with Crippen LogP contribution in [0.2, 0.25) is 0 Å². The molecule has 0 aromatic rings. The molecule has 17 heavy (non-hydrogen) atoms. The average molecular weight is 233 g/mol. The Morgan fingerprint density at radius 2 is 1.88 bits per heavy atom. The molecule has 0 N–H and O–H groups in total.